The summed E-state index contributed by atoms with van der Waals surface area (Å²) in [4.78, 5) is 32.7. The van der Waals surface area contributed by atoms with Gasteiger partial charge in [-0.05, 0) is 73.7 Å². The molecule has 10 nitrogen and oxygen atoms in total. The third-order valence-corrected chi connectivity index (χ3v) is 5.98. The van der Waals surface area contributed by atoms with Crippen LogP contribution in [0.3, 0.4) is 0 Å². The molecule has 0 aromatic heterocycles. The van der Waals surface area contributed by atoms with E-state index in [-0.39, 0.29) is 11.7 Å². The third kappa shape index (κ3) is 11.1. The first kappa shape index (κ1) is 30.5. The number of likely N-dealkylation sites (tertiary alicyclic amines) is 1. The minimum absolute atomic E-state index is 0.0523. The molecule has 0 saturated carbocycles. The van der Waals surface area contributed by atoms with Crippen LogP contribution in [0.4, 0.5) is 4.39 Å². The van der Waals surface area contributed by atoms with Crippen LogP contribution in [-0.4, -0.2) is 80.0 Å². The van der Waals surface area contributed by atoms with Crippen molar-refractivity contribution < 1.29 is 43.2 Å². The van der Waals surface area contributed by atoms with E-state index in [2.05, 4.69) is 10.2 Å². The topological polar surface area (TPSA) is 135 Å². The second-order valence-corrected chi connectivity index (χ2v) is 8.76. The smallest absolute Gasteiger partial charge is 0.414 e. The van der Waals surface area contributed by atoms with Crippen LogP contribution in [0.15, 0.2) is 42.5 Å². The first-order valence-electron chi connectivity index (χ1n) is 12.2. The minimum atomic E-state index is -1.82. The van der Waals surface area contributed by atoms with Crippen LogP contribution in [-0.2, 0) is 32.1 Å². The lowest BCUT2D eigenvalue weighted by Gasteiger charge is -2.31. The molecule has 0 aliphatic carbocycles. The lowest BCUT2D eigenvalue weighted by atomic mass is 9.98. The molecule has 1 heterocycles. The van der Waals surface area contributed by atoms with Gasteiger partial charge in [0.2, 0.25) is 5.91 Å². The summed E-state index contributed by atoms with van der Waals surface area (Å²) >= 11 is 0. The Hall–Kier alpha value is -3.70. The number of hydrogen-bond acceptors (Lipinski definition) is 7. The van der Waals surface area contributed by atoms with Crippen molar-refractivity contribution in [2.45, 2.75) is 25.9 Å². The van der Waals surface area contributed by atoms with E-state index in [9.17, 15) is 9.18 Å². The Morgan fingerprint density at radius 1 is 0.947 bits per heavy atom. The van der Waals surface area contributed by atoms with Gasteiger partial charge in [0, 0.05) is 13.2 Å². The highest BCUT2D eigenvalue weighted by atomic mass is 19.1. The van der Waals surface area contributed by atoms with E-state index in [0.29, 0.717) is 43.7 Å². The molecule has 3 rings (SSSR count). The van der Waals surface area contributed by atoms with Crippen LogP contribution in [0, 0.1) is 11.7 Å². The number of halogens is 1. The first-order chi connectivity index (χ1) is 18.2. The summed E-state index contributed by atoms with van der Waals surface area (Å²) in [5.41, 5.74) is 2.07. The second-order valence-electron chi connectivity index (χ2n) is 8.76. The van der Waals surface area contributed by atoms with Crippen LogP contribution >= 0.6 is 0 Å². The highest BCUT2D eigenvalue weighted by Crippen LogP contribution is 2.27. The molecule has 1 fully saturated rings. The van der Waals surface area contributed by atoms with Crippen molar-refractivity contribution in [2.75, 3.05) is 47.0 Å². The quantitative estimate of drug-likeness (QED) is 0.372. The lowest BCUT2D eigenvalue weighted by molar-refractivity contribution is -0.159. The molecule has 2 aromatic carbocycles. The van der Waals surface area contributed by atoms with Gasteiger partial charge >= 0.3 is 11.9 Å². The van der Waals surface area contributed by atoms with Gasteiger partial charge in [-0.25, -0.2) is 14.0 Å². The van der Waals surface area contributed by atoms with Gasteiger partial charge in [-0.3, -0.25) is 9.69 Å². The fourth-order valence-corrected chi connectivity index (χ4v) is 3.88. The maximum atomic E-state index is 12.9. The zero-order valence-corrected chi connectivity index (χ0v) is 21.7. The summed E-state index contributed by atoms with van der Waals surface area (Å²) in [6, 6.07) is 12.2. The molecule has 2 aromatic rings. The largest absolute Gasteiger partial charge is 0.493 e. The summed E-state index contributed by atoms with van der Waals surface area (Å²) < 4.78 is 29.3. The third-order valence-electron chi connectivity index (χ3n) is 5.98. The van der Waals surface area contributed by atoms with Crippen molar-refractivity contribution >= 4 is 17.8 Å². The van der Waals surface area contributed by atoms with Crippen LogP contribution in [0.2, 0.25) is 0 Å². The molecule has 0 bridgehead atoms. The molecule has 0 unspecified atom stereocenters. The second kappa shape index (κ2) is 16.2. The van der Waals surface area contributed by atoms with E-state index in [1.807, 2.05) is 18.2 Å². The Morgan fingerprint density at radius 2 is 1.55 bits per heavy atom. The number of carbonyl (C=O) groups excluding carboxylic acids is 1. The van der Waals surface area contributed by atoms with Crippen LogP contribution in [0.1, 0.15) is 24.0 Å². The Balaban J connectivity index is 0.000000757. The van der Waals surface area contributed by atoms with Crippen LogP contribution < -0.4 is 14.8 Å². The van der Waals surface area contributed by atoms with Gasteiger partial charge in [-0.1, -0.05) is 18.2 Å². The molecule has 1 saturated heterocycles. The van der Waals surface area contributed by atoms with Crippen molar-refractivity contribution in [1.29, 1.82) is 0 Å². The Labute approximate surface area is 221 Å². The summed E-state index contributed by atoms with van der Waals surface area (Å²) in [7, 11) is 3.23. The van der Waals surface area contributed by atoms with E-state index in [1.165, 1.54) is 12.1 Å². The number of nitrogens with zero attached hydrogens (tertiary/aromatic N) is 1. The first-order valence-corrected chi connectivity index (χ1v) is 12.2. The number of hydrogen-bond donors (Lipinski definition) is 3. The summed E-state index contributed by atoms with van der Waals surface area (Å²) in [5.74, 6) is -1.93. The molecule has 3 N–H and O–H groups in total. The molecule has 38 heavy (non-hydrogen) atoms. The SMILES string of the molecule is COc1ccc(CCNC(=O)CN2CCC(COCc3ccc(F)cc3)CC2)cc1OC.O=C(O)C(=O)O. The molecular weight excluding hydrogens is 499 g/mol. The van der Waals surface area contributed by atoms with E-state index in [4.69, 9.17) is 34.0 Å². The lowest BCUT2D eigenvalue weighted by Crippen LogP contribution is -2.42. The van der Waals surface area contributed by atoms with E-state index >= 15 is 0 Å². The van der Waals surface area contributed by atoms with Crippen molar-refractivity contribution in [3.05, 3.63) is 59.4 Å². The number of benzene rings is 2. The number of ether oxygens (including phenoxy) is 3. The predicted molar refractivity (Wildman–Crippen MR) is 137 cm³/mol. The zero-order valence-electron chi connectivity index (χ0n) is 21.7. The number of carboxylic acids is 2. The Bertz CT molecular complexity index is 1030. The zero-order chi connectivity index (χ0) is 27.9. The molecule has 1 aliphatic heterocycles. The number of carbonyl (C=O) groups is 3. The highest BCUT2D eigenvalue weighted by Gasteiger charge is 2.21. The molecular formula is C27H35FN2O8. The normalized spacial score (nSPS) is 13.7. The van der Waals surface area contributed by atoms with Gasteiger partial charge in [0.25, 0.3) is 0 Å². The number of rotatable bonds is 11. The number of piperidine rings is 1. The van der Waals surface area contributed by atoms with Crippen LogP contribution in [0.25, 0.3) is 0 Å². The number of carboxylic acid groups (broad SMARTS) is 2. The summed E-state index contributed by atoms with van der Waals surface area (Å²) in [6.45, 7) is 4.00. The standard InChI is InChI=1S/C25H33FN2O4.C2H2O4/c1-30-23-8-5-19(15-24(23)31-2)9-12-27-25(29)16-28-13-10-21(11-14-28)18-32-17-20-3-6-22(26)7-4-20;3-1(4)2(5)6/h3-8,15,21H,9-14,16-18H2,1-2H3,(H,27,29);(H,3,4)(H,5,6). The van der Waals surface area contributed by atoms with Gasteiger partial charge in [0.05, 0.1) is 27.4 Å². The number of methoxy groups -OCH3 is 2. The maximum Gasteiger partial charge on any atom is 0.414 e. The van der Waals surface area contributed by atoms with Crippen molar-refractivity contribution in [3.8, 4) is 11.5 Å². The van der Waals surface area contributed by atoms with E-state index < -0.39 is 11.9 Å². The number of aliphatic carboxylic acids is 2. The van der Waals surface area contributed by atoms with Crippen molar-refractivity contribution in [2.24, 2.45) is 5.92 Å². The summed E-state index contributed by atoms with van der Waals surface area (Å²) in [6.07, 6.45) is 2.77. The number of nitrogens with one attached hydrogen (secondary N) is 1. The molecule has 1 aliphatic rings. The average molecular weight is 535 g/mol. The molecule has 0 spiro atoms. The summed E-state index contributed by atoms with van der Waals surface area (Å²) in [5, 5.41) is 17.8. The molecule has 1 amide bonds. The molecule has 11 heteroatoms. The monoisotopic (exact) mass is 534 g/mol. The molecule has 0 atom stereocenters. The Kier molecular flexibility index (Phi) is 13.0. The van der Waals surface area contributed by atoms with Crippen LogP contribution in [0.5, 0.6) is 11.5 Å². The van der Waals surface area contributed by atoms with Gasteiger partial charge in [0.1, 0.15) is 5.82 Å². The predicted octanol–water partition coefficient (Wildman–Crippen LogP) is 2.59. The average Bonchev–Trinajstić information content (AvgIpc) is 2.91. The molecule has 208 valence electrons. The van der Waals surface area contributed by atoms with Gasteiger partial charge in [0.15, 0.2) is 11.5 Å². The van der Waals surface area contributed by atoms with Gasteiger partial charge in [-0.2, -0.15) is 0 Å². The fourth-order valence-electron chi connectivity index (χ4n) is 3.88. The fraction of sp³-hybridized carbons (Fsp3) is 0.444. The van der Waals surface area contributed by atoms with Crippen molar-refractivity contribution in [1.82, 2.24) is 10.2 Å². The highest BCUT2D eigenvalue weighted by molar-refractivity contribution is 6.27. The maximum absolute atomic E-state index is 12.9. The van der Waals surface area contributed by atoms with E-state index in [0.717, 1.165) is 43.5 Å². The van der Waals surface area contributed by atoms with Gasteiger partial charge < -0.3 is 29.7 Å². The van der Waals surface area contributed by atoms with E-state index in [1.54, 1.807) is 26.4 Å². The van der Waals surface area contributed by atoms with Crippen molar-refractivity contribution in [3.63, 3.8) is 0 Å². The minimum Gasteiger partial charge on any atom is -0.493 e. The molecule has 0 radical (unpaired) electrons. The number of amides is 1. The van der Waals surface area contributed by atoms with Gasteiger partial charge in [-0.15, -0.1) is 0 Å². The Morgan fingerprint density at radius 3 is 2.13 bits per heavy atom.